The Kier molecular flexibility index (Phi) is 6.66. The lowest BCUT2D eigenvalue weighted by atomic mass is 9.99. The molecule has 1 amide bonds. The van der Waals surface area contributed by atoms with Gasteiger partial charge in [0.05, 0.1) is 10.8 Å². The number of sulfonamides is 1. The Morgan fingerprint density at radius 2 is 1.76 bits per heavy atom. The zero-order chi connectivity index (χ0) is 21.2. The molecule has 0 saturated carbocycles. The van der Waals surface area contributed by atoms with Crippen LogP contribution in [0.15, 0.2) is 41.3 Å². The predicted molar refractivity (Wildman–Crippen MR) is 115 cm³/mol. The van der Waals surface area contributed by atoms with Crippen molar-refractivity contribution in [3.05, 3.63) is 63.7 Å². The topological polar surface area (TPSA) is 66.5 Å². The van der Waals surface area contributed by atoms with Gasteiger partial charge < -0.3 is 5.32 Å². The van der Waals surface area contributed by atoms with E-state index >= 15 is 0 Å². The van der Waals surface area contributed by atoms with Gasteiger partial charge in [-0.3, -0.25) is 4.79 Å². The van der Waals surface area contributed by atoms with Gasteiger partial charge in [0.2, 0.25) is 15.9 Å². The van der Waals surface area contributed by atoms with Crippen molar-refractivity contribution in [2.75, 3.05) is 13.1 Å². The van der Waals surface area contributed by atoms with Gasteiger partial charge >= 0.3 is 0 Å². The van der Waals surface area contributed by atoms with Crippen LogP contribution >= 0.6 is 11.6 Å². The molecule has 5 nitrogen and oxygen atoms in total. The predicted octanol–water partition coefficient (Wildman–Crippen LogP) is 3.98. The lowest BCUT2D eigenvalue weighted by Gasteiger charge is -2.32. The van der Waals surface area contributed by atoms with Crippen molar-refractivity contribution < 1.29 is 13.2 Å². The Bertz CT molecular complexity index is 980. The van der Waals surface area contributed by atoms with Crippen molar-refractivity contribution >= 4 is 27.5 Å². The van der Waals surface area contributed by atoms with E-state index in [2.05, 4.69) is 5.32 Å². The summed E-state index contributed by atoms with van der Waals surface area (Å²) in [5.41, 5.74) is 3.49. The van der Waals surface area contributed by atoms with Crippen LogP contribution in [0.2, 0.25) is 5.02 Å². The van der Waals surface area contributed by atoms with Crippen LogP contribution in [0.5, 0.6) is 0 Å². The summed E-state index contributed by atoms with van der Waals surface area (Å²) in [5, 5.41) is 3.57. The van der Waals surface area contributed by atoms with Gasteiger partial charge in [-0.1, -0.05) is 41.4 Å². The smallest absolute Gasteiger partial charge is 0.243 e. The molecule has 7 heteroatoms. The Hall–Kier alpha value is -1.89. The highest BCUT2D eigenvalue weighted by Crippen LogP contribution is 2.29. The first-order valence-electron chi connectivity index (χ1n) is 9.78. The molecule has 1 atom stereocenters. The van der Waals surface area contributed by atoms with E-state index in [9.17, 15) is 13.2 Å². The van der Waals surface area contributed by atoms with E-state index < -0.39 is 10.0 Å². The molecule has 1 saturated heterocycles. The molecule has 1 aliphatic heterocycles. The standard InChI is InChI=1S/C22H27ClN2O3S/c1-15-11-16(2)21(17(3)12-15)29(27,28)25-10-4-5-19(14-25)22(26)24-13-18-6-8-20(23)9-7-18/h6-9,11-12,19H,4-5,10,13-14H2,1-3H3,(H,24,26)/t19-/m0/s1. The summed E-state index contributed by atoms with van der Waals surface area (Å²) in [6.07, 6.45) is 1.35. The number of carbonyl (C=O) groups is 1. The number of nitrogens with zero attached hydrogens (tertiary/aromatic N) is 1. The van der Waals surface area contributed by atoms with Crippen LogP contribution in [0.25, 0.3) is 0 Å². The third-order valence-electron chi connectivity index (χ3n) is 5.34. The first-order valence-corrected chi connectivity index (χ1v) is 11.6. The number of aryl methyl sites for hydroxylation is 3. The molecule has 1 fully saturated rings. The largest absolute Gasteiger partial charge is 0.352 e. The molecule has 1 N–H and O–H groups in total. The number of piperidine rings is 1. The van der Waals surface area contributed by atoms with Gasteiger partial charge in [0, 0.05) is 24.7 Å². The lowest BCUT2D eigenvalue weighted by molar-refractivity contribution is -0.126. The molecule has 156 valence electrons. The van der Waals surface area contributed by atoms with Gasteiger partial charge in [-0.05, 0) is 62.4 Å². The fraction of sp³-hybridized carbons (Fsp3) is 0.409. The van der Waals surface area contributed by atoms with Crippen LogP contribution in [0.3, 0.4) is 0 Å². The molecule has 0 aromatic heterocycles. The van der Waals surface area contributed by atoms with Crippen LogP contribution in [0.1, 0.15) is 35.1 Å². The molecule has 2 aromatic rings. The molecular weight excluding hydrogens is 408 g/mol. The highest BCUT2D eigenvalue weighted by atomic mass is 35.5. The highest BCUT2D eigenvalue weighted by Gasteiger charge is 2.34. The summed E-state index contributed by atoms with van der Waals surface area (Å²) >= 11 is 5.89. The van der Waals surface area contributed by atoms with Crippen LogP contribution in [-0.2, 0) is 21.4 Å². The molecule has 3 rings (SSSR count). The minimum Gasteiger partial charge on any atom is -0.352 e. The fourth-order valence-electron chi connectivity index (χ4n) is 4.01. The summed E-state index contributed by atoms with van der Waals surface area (Å²) in [6.45, 7) is 6.66. The molecule has 29 heavy (non-hydrogen) atoms. The van der Waals surface area contributed by atoms with Crippen molar-refractivity contribution in [1.29, 1.82) is 0 Å². The second-order valence-corrected chi connectivity index (χ2v) is 10.1. The molecule has 0 aliphatic carbocycles. The Morgan fingerprint density at radius 3 is 2.38 bits per heavy atom. The Morgan fingerprint density at radius 1 is 1.14 bits per heavy atom. The number of halogens is 1. The zero-order valence-electron chi connectivity index (χ0n) is 17.0. The van der Waals surface area contributed by atoms with Crippen LogP contribution in [-0.4, -0.2) is 31.7 Å². The molecular formula is C22H27ClN2O3S. The van der Waals surface area contributed by atoms with Gasteiger partial charge in [0.25, 0.3) is 0 Å². The Balaban J connectivity index is 1.71. The highest BCUT2D eigenvalue weighted by molar-refractivity contribution is 7.89. The fourth-order valence-corrected chi connectivity index (χ4v) is 6.07. The van der Waals surface area contributed by atoms with Gasteiger partial charge in [-0.25, -0.2) is 8.42 Å². The van der Waals surface area contributed by atoms with E-state index in [0.717, 1.165) is 22.3 Å². The molecule has 1 heterocycles. The maximum absolute atomic E-state index is 13.3. The number of hydrogen-bond donors (Lipinski definition) is 1. The van der Waals surface area contributed by atoms with E-state index in [1.54, 1.807) is 12.1 Å². The number of rotatable bonds is 5. The summed E-state index contributed by atoms with van der Waals surface area (Å²) in [5.74, 6) is -0.464. The maximum atomic E-state index is 13.3. The number of nitrogens with one attached hydrogen (secondary N) is 1. The molecule has 1 aliphatic rings. The summed E-state index contributed by atoms with van der Waals surface area (Å²) in [7, 11) is -3.64. The minimum atomic E-state index is -3.64. The van der Waals surface area contributed by atoms with E-state index in [1.807, 2.05) is 45.0 Å². The van der Waals surface area contributed by atoms with Gasteiger partial charge in [0.15, 0.2) is 0 Å². The first-order chi connectivity index (χ1) is 13.7. The maximum Gasteiger partial charge on any atom is 0.243 e. The van der Waals surface area contributed by atoms with Crippen LogP contribution in [0.4, 0.5) is 0 Å². The Labute approximate surface area is 178 Å². The average Bonchev–Trinajstić information content (AvgIpc) is 2.66. The van der Waals surface area contributed by atoms with Gasteiger partial charge in [0.1, 0.15) is 0 Å². The van der Waals surface area contributed by atoms with E-state index in [-0.39, 0.29) is 18.4 Å². The van der Waals surface area contributed by atoms with Gasteiger partial charge in [-0.15, -0.1) is 0 Å². The average molecular weight is 435 g/mol. The number of benzene rings is 2. The lowest BCUT2D eigenvalue weighted by Crippen LogP contribution is -2.45. The summed E-state index contributed by atoms with van der Waals surface area (Å²) < 4.78 is 28.1. The SMILES string of the molecule is Cc1cc(C)c(S(=O)(=O)N2CCC[C@H](C(=O)NCc3ccc(Cl)cc3)C2)c(C)c1. The quantitative estimate of drug-likeness (QED) is 0.773. The first kappa shape index (κ1) is 21.8. The van der Waals surface area contributed by atoms with E-state index in [1.165, 1.54) is 4.31 Å². The van der Waals surface area contributed by atoms with Crippen molar-refractivity contribution in [3.63, 3.8) is 0 Å². The second kappa shape index (κ2) is 8.86. The van der Waals surface area contributed by atoms with E-state index in [0.29, 0.717) is 35.8 Å². The van der Waals surface area contributed by atoms with E-state index in [4.69, 9.17) is 11.6 Å². The van der Waals surface area contributed by atoms with Crippen LogP contribution in [0, 0.1) is 26.7 Å². The monoisotopic (exact) mass is 434 g/mol. The molecule has 0 bridgehead atoms. The number of carbonyl (C=O) groups excluding carboxylic acids is 1. The third kappa shape index (κ3) is 5.00. The minimum absolute atomic E-state index is 0.114. The van der Waals surface area contributed by atoms with Gasteiger partial charge in [-0.2, -0.15) is 4.31 Å². The van der Waals surface area contributed by atoms with Crippen molar-refractivity contribution in [2.24, 2.45) is 5.92 Å². The van der Waals surface area contributed by atoms with Crippen molar-refractivity contribution in [2.45, 2.75) is 45.1 Å². The van der Waals surface area contributed by atoms with Crippen molar-refractivity contribution in [3.8, 4) is 0 Å². The summed E-state index contributed by atoms with van der Waals surface area (Å²) in [4.78, 5) is 13.0. The zero-order valence-corrected chi connectivity index (χ0v) is 18.6. The number of amides is 1. The molecule has 0 radical (unpaired) electrons. The third-order valence-corrected chi connectivity index (χ3v) is 7.76. The molecule has 0 spiro atoms. The molecule has 2 aromatic carbocycles. The normalized spacial score (nSPS) is 17.9. The molecule has 0 unspecified atom stereocenters. The van der Waals surface area contributed by atoms with Crippen molar-refractivity contribution in [1.82, 2.24) is 9.62 Å². The summed E-state index contributed by atoms with van der Waals surface area (Å²) in [6, 6.07) is 11.1. The second-order valence-electron chi connectivity index (χ2n) is 7.77. The van der Waals surface area contributed by atoms with Crippen LogP contribution < -0.4 is 5.32 Å². The number of hydrogen-bond acceptors (Lipinski definition) is 3.